The first-order valence-electron chi connectivity index (χ1n) is 25.9. The molecule has 0 N–H and O–H groups in total. The van der Waals surface area contributed by atoms with Crippen molar-refractivity contribution >= 4 is 28.5 Å². The van der Waals surface area contributed by atoms with Gasteiger partial charge in [-0.15, -0.1) is 0 Å². The fourth-order valence-corrected chi connectivity index (χ4v) is 13.3. The predicted molar refractivity (Wildman–Crippen MR) is 294 cm³/mol. The van der Waals surface area contributed by atoms with Gasteiger partial charge < -0.3 is 24.0 Å². The molecule has 0 spiro atoms. The van der Waals surface area contributed by atoms with E-state index in [2.05, 4.69) is 265 Å². The van der Waals surface area contributed by atoms with Gasteiger partial charge in [-0.25, -0.2) is 0 Å². The van der Waals surface area contributed by atoms with E-state index in [1.807, 2.05) is 0 Å². The first kappa shape index (κ1) is 42.5. The smallest absolute Gasteiger partial charge is 0.148 e. The van der Waals surface area contributed by atoms with E-state index in [0.717, 1.165) is 45.5 Å². The lowest BCUT2D eigenvalue weighted by molar-refractivity contribution is 0.0596. The average Bonchev–Trinajstić information content (AvgIpc) is 4.16. The third kappa shape index (κ3) is 6.90. The summed E-state index contributed by atoms with van der Waals surface area (Å²) in [6, 6.07) is 64.1. The Morgan fingerprint density at radius 3 is 1.73 bits per heavy atom. The minimum absolute atomic E-state index is 0.0167. The Bertz CT molecular complexity index is 3600. The van der Waals surface area contributed by atoms with E-state index in [1.54, 1.807) is 0 Å². The maximum absolute atomic E-state index is 7.58. The lowest BCUT2D eigenvalue weighted by Crippen LogP contribution is -2.35. The molecule has 15 rings (SSSR count). The Morgan fingerprint density at radius 1 is 0.384 bits per heavy atom. The highest BCUT2D eigenvalue weighted by Crippen LogP contribution is 2.60. The number of hydrogen-bond acceptors (Lipinski definition) is 5. The van der Waals surface area contributed by atoms with Crippen LogP contribution in [0.3, 0.4) is 0 Å². The lowest BCUT2D eigenvalue weighted by atomic mass is 9.72. The minimum atomic E-state index is -0.231. The zero-order valence-electron chi connectivity index (χ0n) is 40.1. The molecular formula is C68H52N2O3. The molecule has 0 aromatic heterocycles. The molecule has 0 bridgehead atoms. The summed E-state index contributed by atoms with van der Waals surface area (Å²) in [6.45, 7) is 0. The Labute approximate surface area is 427 Å². The van der Waals surface area contributed by atoms with Crippen molar-refractivity contribution < 1.29 is 14.2 Å². The third-order valence-electron chi connectivity index (χ3n) is 16.5. The number of rotatable bonds is 8. The molecule has 7 aromatic rings. The quantitative estimate of drug-likeness (QED) is 0.152. The number of allylic oxidation sites excluding steroid dienone is 6. The van der Waals surface area contributed by atoms with Gasteiger partial charge in [-0.05, 0) is 81.9 Å². The molecule has 3 aliphatic heterocycles. The Balaban J connectivity index is 0.896. The van der Waals surface area contributed by atoms with E-state index < -0.39 is 0 Å². The standard InChI is InChI=1S/C68H52N2O3/c1-3-19-43(20-4-1)45-23-15-25-47(39-45)69(58-35-17-33-55-51-29-11-13-37-62(51)71-67(55)58)60-41-57-65-53-31-9-7-27-49(53)61(42-64(65)73-66(57)54-32-10-8-28-50(54)60)70(48-26-16-24-46(40-48)44-21-5-2-6-22-44)59-36-18-34-56-52-30-12-14-38-63(52)72-68(56)59/h1-42,51-52,55,57,62-67H. The van der Waals surface area contributed by atoms with E-state index in [-0.39, 0.29) is 60.1 Å². The van der Waals surface area contributed by atoms with Gasteiger partial charge in [0.05, 0.1) is 35.4 Å². The fourth-order valence-electron chi connectivity index (χ4n) is 13.3. The molecule has 3 heterocycles. The predicted octanol–water partition coefficient (Wildman–Crippen LogP) is 15.5. The van der Waals surface area contributed by atoms with Gasteiger partial charge in [-0.2, -0.15) is 0 Å². The molecule has 10 unspecified atom stereocenters. The molecule has 0 saturated carbocycles. The molecule has 5 nitrogen and oxygen atoms in total. The minimum Gasteiger partial charge on any atom is -0.483 e. The lowest BCUT2D eigenvalue weighted by Gasteiger charge is -2.40. The number of ether oxygens (including phenoxy) is 3. The van der Waals surface area contributed by atoms with E-state index in [1.165, 1.54) is 44.5 Å². The summed E-state index contributed by atoms with van der Waals surface area (Å²) in [5.41, 5.74) is 17.3. The van der Waals surface area contributed by atoms with Crippen molar-refractivity contribution in [1.82, 2.24) is 0 Å². The highest BCUT2D eigenvalue weighted by atomic mass is 16.5. The summed E-state index contributed by atoms with van der Waals surface area (Å²) >= 11 is 0. The molecule has 0 amide bonds. The summed E-state index contributed by atoms with van der Waals surface area (Å²) in [4.78, 5) is 4.96. The van der Waals surface area contributed by atoms with E-state index >= 15 is 0 Å². The highest BCUT2D eigenvalue weighted by Gasteiger charge is 2.52. The summed E-state index contributed by atoms with van der Waals surface area (Å²) in [6.07, 6.45) is 28.9. The number of fused-ring (bicyclic) bond motifs is 13. The normalized spacial score (nSPS) is 26.9. The average molecular weight is 945 g/mol. The fraction of sp³-hybridized carbons (Fsp3) is 0.147. The Hall–Kier alpha value is -8.22. The van der Waals surface area contributed by atoms with Crippen LogP contribution in [-0.4, -0.2) is 24.4 Å². The van der Waals surface area contributed by atoms with Crippen LogP contribution in [0.5, 0.6) is 5.75 Å². The van der Waals surface area contributed by atoms with Crippen molar-refractivity contribution in [3.8, 4) is 28.0 Å². The van der Waals surface area contributed by atoms with Gasteiger partial charge in [0.15, 0.2) is 0 Å². The van der Waals surface area contributed by atoms with Crippen molar-refractivity contribution in [2.45, 2.75) is 42.4 Å². The molecule has 5 heteroatoms. The molecule has 10 atom stereocenters. The zero-order chi connectivity index (χ0) is 48.0. The molecule has 2 fully saturated rings. The number of benzene rings is 7. The second kappa shape index (κ2) is 17.2. The van der Waals surface area contributed by atoms with Crippen LogP contribution in [0.2, 0.25) is 0 Å². The second-order valence-corrected chi connectivity index (χ2v) is 20.4. The van der Waals surface area contributed by atoms with Gasteiger partial charge in [0.1, 0.15) is 18.0 Å². The summed E-state index contributed by atoms with van der Waals surface area (Å²) in [5, 5.41) is 0. The number of nitrogens with zero attached hydrogens (tertiary/aromatic N) is 2. The van der Waals surface area contributed by atoms with Crippen LogP contribution >= 0.6 is 0 Å². The largest absolute Gasteiger partial charge is 0.483 e. The van der Waals surface area contributed by atoms with Gasteiger partial charge in [0.2, 0.25) is 0 Å². The van der Waals surface area contributed by atoms with Crippen LogP contribution in [0.1, 0.15) is 45.8 Å². The zero-order valence-corrected chi connectivity index (χ0v) is 40.1. The van der Waals surface area contributed by atoms with Gasteiger partial charge in [-0.1, -0.05) is 206 Å². The van der Waals surface area contributed by atoms with E-state index in [9.17, 15) is 0 Å². The first-order chi connectivity index (χ1) is 36.2. The Morgan fingerprint density at radius 2 is 0.959 bits per heavy atom. The molecule has 8 aliphatic rings. The van der Waals surface area contributed by atoms with Crippen LogP contribution in [0, 0.1) is 17.8 Å². The maximum Gasteiger partial charge on any atom is 0.148 e. The summed E-state index contributed by atoms with van der Waals surface area (Å²) < 4.78 is 21.7. The van der Waals surface area contributed by atoms with Gasteiger partial charge in [0.25, 0.3) is 0 Å². The Kier molecular flexibility index (Phi) is 10.0. The number of hydrogen-bond donors (Lipinski definition) is 0. The molecule has 0 radical (unpaired) electrons. The molecular weight excluding hydrogens is 893 g/mol. The molecule has 7 aromatic carbocycles. The SMILES string of the molecule is C1=CC2Oc3c(cccc3N(C3=CC4OC5c6ccccc6C(N(C6=CC=CC7C6OC6C=CC=CC67)c6cccc(-c7ccccc7)c6)=CC5C4c4ccccc43)c3cccc(-c4ccccc4)c3)C2C=C1. The van der Waals surface area contributed by atoms with Gasteiger partial charge in [-0.3, -0.25) is 0 Å². The van der Waals surface area contributed by atoms with E-state index in [4.69, 9.17) is 14.2 Å². The van der Waals surface area contributed by atoms with Crippen LogP contribution in [0.15, 0.2) is 261 Å². The van der Waals surface area contributed by atoms with Crippen LogP contribution < -0.4 is 14.5 Å². The summed E-state index contributed by atoms with van der Waals surface area (Å²) in [5.74, 6) is 1.60. The summed E-state index contributed by atoms with van der Waals surface area (Å²) in [7, 11) is 0. The van der Waals surface area contributed by atoms with Crippen molar-refractivity contribution in [3.63, 3.8) is 0 Å². The molecule has 352 valence electrons. The van der Waals surface area contributed by atoms with Crippen LogP contribution in [0.4, 0.5) is 17.1 Å². The highest BCUT2D eigenvalue weighted by molar-refractivity contribution is 5.94. The molecule has 5 aliphatic carbocycles. The molecule has 73 heavy (non-hydrogen) atoms. The molecule has 2 saturated heterocycles. The second-order valence-electron chi connectivity index (χ2n) is 20.4. The number of para-hydroxylation sites is 1. The first-order valence-corrected chi connectivity index (χ1v) is 25.9. The van der Waals surface area contributed by atoms with Crippen molar-refractivity contribution in [2.75, 3.05) is 9.80 Å². The maximum atomic E-state index is 7.58. The van der Waals surface area contributed by atoms with Gasteiger partial charge in [0, 0.05) is 63.4 Å². The van der Waals surface area contributed by atoms with Crippen LogP contribution in [0.25, 0.3) is 33.6 Å². The topological polar surface area (TPSA) is 34.2 Å². The van der Waals surface area contributed by atoms with Crippen molar-refractivity contribution in [3.05, 3.63) is 288 Å². The van der Waals surface area contributed by atoms with Crippen LogP contribution in [-0.2, 0) is 9.47 Å². The third-order valence-corrected chi connectivity index (χ3v) is 16.5. The monoisotopic (exact) mass is 944 g/mol. The van der Waals surface area contributed by atoms with Crippen molar-refractivity contribution in [1.29, 1.82) is 0 Å². The number of anilines is 3. The van der Waals surface area contributed by atoms with Crippen molar-refractivity contribution in [2.24, 2.45) is 17.8 Å². The van der Waals surface area contributed by atoms with E-state index in [0.29, 0.717) is 0 Å². The van der Waals surface area contributed by atoms with Gasteiger partial charge >= 0.3 is 0 Å².